The van der Waals surface area contributed by atoms with Crippen LogP contribution in [-0.2, 0) is 9.59 Å². The van der Waals surface area contributed by atoms with Crippen molar-refractivity contribution >= 4 is 29.7 Å². The molecule has 0 aromatic carbocycles. The zero-order valence-corrected chi connectivity index (χ0v) is 11.8. The van der Waals surface area contributed by atoms with Gasteiger partial charge in [-0.15, -0.1) is 11.8 Å². The lowest BCUT2D eigenvalue weighted by Crippen LogP contribution is -2.57. The number of hydrogen-bond donors (Lipinski definition) is 1. The normalized spacial score (nSPS) is 29.8. The first kappa shape index (κ1) is 13.5. The molecule has 1 unspecified atom stereocenters. The molecule has 0 aromatic rings. The number of rotatable bonds is 1. The summed E-state index contributed by atoms with van der Waals surface area (Å²) in [6, 6.07) is -0.823. The third-order valence-corrected chi connectivity index (χ3v) is 5.19. The van der Waals surface area contributed by atoms with Gasteiger partial charge in [0.1, 0.15) is 6.04 Å². The Morgan fingerprint density at radius 2 is 2.10 bits per heavy atom. The molecule has 1 N–H and O–H groups in total. The number of urea groups is 1. The van der Waals surface area contributed by atoms with E-state index in [4.69, 9.17) is 5.11 Å². The van der Waals surface area contributed by atoms with Gasteiger partial charge in [-0.3, -0.25) is 4.79 Å². The molecule has 3 rings (SSSR count). The summed E-state index contributed by atoms with van der Waals surface area (Å²) in [5.74, 6) is 0.100. The number of piperazine rings is 1. The number of nitrogens with zero attached hydrogens (tertiary/aromatic N) is 3. The highest BCUT2D eigenvalue weighted by molar-refractivity contribution is 7.99. The molecule has 3 heterocycles. The maximum atomic E-state index is 12.5. The highest BCUT2D eigenvalue weighted by Gasteiger charge is 2.41. The Kier molecular flexibility index (Phi) is 3.49. The molecular weight excluding hydrogens is 282 g/mol. The molecule has 2 atom stereocenters. The van der Waals surface area contributed by atoms with Crippen LogP contribution in [0.2, 0.25) is 0 Å². The number of carboxylic acids is 1. The van der Waals surface area contributed by atoms with E-state index in [1.54, 1.807) is 4.90 Å². The molecule has 0 aromatic heterocycles. The van der Waals surface area contributed by atoms with Gasteiger partial charge in [0.15, 0.2) is 0 Å². The zero-order valence-electron chi connectivity index (χ0n) is 11.0. The number of hydrogen-bond acceptors (Lipinski definition) is 4. The standard InChI is InChI=1S/C12H17N3O4S/c16-10-2-1-8-5-13(3-4-14(8)10)12(19)15-7-20-6-9(15)11(17)18/h8-9H,1-7H2,(H,17,18)/t8?,9-/m0/s1. The minimum absolute atomic E-state index is 0.110. The molecule has 3 aliphatic rings. The van der Waals surface area contributed by atoms with Crippen molar-refractivity contribution in [3.63, 3.8) is 0 Å². The molecule has 0 aliphatic carbocycles. The summed E-state index contributed by atoms with van der Waals surface area (Å²) < 4.78 is 0. The molecule has 0 saturated carbocycles. The molecule has 3 fully saturated rings. The average Bonchev–Trinajstić information content (AvgIpc) is 3.05. The van der Waals surface area contributed by atoms with Gasteiger partial charge in [0.2, 0.25) is 5.91 Å². The van der Waals surface area contributed by atoms with E-state index < -0.39 is 12.0 Å². The van der Waals surface area contributed by atoms with Crippen molar-refractivity contribution in [3.05, 3.63) is 0 Å². The fraction of sp³-hybridized carbons (Fsp3) is 0.750. The maximum Gasteiger partial charge on any atom is 0.327 e. The molecule has 20 heavy (non-hydrogen) atoms. The summed E-state index contributed by atoms with van der Waals surface area (Å²) in [5.41, 5.74) is 0. The van der Waals surface area contributed by atoms with Crippen LogP contribution in [0.3, 0.4) is 0 Å². The van der Waals surface area contributed by atoms with E-state index in [2.05, 4.69) is 0 Å². The summed E-state index contributed by atoms with van der Waals surface area (Å²) in [7, 11) is 0. The molecule has 110 valence electrons. The van der Waals surface area contributed by atoms with Gasteiger partial charge in [0.25, 0.3) is 0 Å². The fourth-order valence-corrected chi connectivity index (χ4v) is 4.19. The number of fused-ring (bicyclic) bond motifs is 1. The SMILES string of the molecule is O=C(O)[C@@H]1CSCN1C(=O)N1CCN2C(=O)CCC2C1. The van der Waals surface area contributed by atoms with Crippen LogP contribution in [0, 0.1) is 0 Å². The van der Waals surface area contributed by atoms with Gasteiger partial charge >= 0.3 is 12.0 Å². The molecular formula is C12H17N3O4S. The van der Waals surface area contributed by atoms with Gasteiger partial charge in [-0.1, -0.05) is 0 Å². The Labute approximate surface area is 120 Å². The molecule has 3 aliphatic heterocycles. The van der Waals surface area contributed by atoms with Crippen LogP contribution in [0.5, 0.6) is 0 Å². The minimum atomic E-state index is -0.946. The lowest BCUT2D eigenvalue weighted by molar-refractivity contribution is -0.141. The van der Waals surface area contributed by atoms with Crippen molar-refractivity contribution in [2.24, 2.45) is 0 Å². The lowest BCUT2D eigenvalue weighted by atomic mass is 10.1. The molecule has 7 nitrogen and oxygen atoms in total. The molecule has 3 amide bonds. The van der Waals surface area contributed by atoms with Crippen molar-refractivity contribution in [1.82, 2.24) is 14.7 Å². The first-order valence-corrected chi connectivity index (χ1v) is 7.89. The Balaban J connectivity index is 1.66. The van der Waals surface area contributed by atoms with Gasteiger partial charge in [0.05, 0.1) is 5.88 Å². The van der Waals surface area contributed by atoms with E-state index in [0.29, 0.717) is 37.7 Å². The molecule has 3 saturated heterocycles. The molecule has 0 bridgehead atoms. The van der Waals surface area contributed by atoms with E-state index in [0.717, 1.165) is 6.42 Å². The second-order valence-electron chi connectivity index (χ2n) is 5.33. The van der Waals surface area contributed by atoms with Crippen molar-refractivity contribution < 1.29 is 19.5 Å². The Morgan fingerprint density at radius 3 is 2.85 bits per heavy atom. The van der Waals surface area contributed by atoms with Crippen LogP contribution in [0.25, 0.3) is 0 Å². The predicted octanol–water partition coefficient (Wildman–Crippen LogP) is -0.127. The fourth-order valence-electron chi connectivity index (χ4n) is 3.06. The Bertz CT molecular complexity index is 458. The van der Waals surface area contributed by atoms with Crippen LogP contribution in [0.1, 0.15) is 12.8 Å². The highest BCUT2D eigenvalue weighted by atomic mass is 32.2. The largest absolute Gasteiger partial charge is 0.480 e. The highest BCUT2D eigenvalue weighted by Crippen LogP contribution is 2.26. The number of carboxylic acid groups (broad SMARTS) is 1. The van der Waals surface area contributed by atoms with Gasteiger partial charge in [0, 0.05) is 37.8 Å². The van der Waals surface area contributed by atoms with Crippen molar-refractivity contribution in [3.8, 4) is 0 Å². The number of carbonyl (C=O) groups is 3. The molecule has 8 heteroatoms. The van der Waals surface area contributed by atoms with E-state index in [1.807, 2.05) is 4.90 Å². The predicted molar refractivity (Wildman–Crippen MR) is 72.3 cm³/mol. The first-order valence-electron chi connectivity index (χ1n) is 6.73. The van der Waals surface area contributed by atoms with Gasteiger partial charge in [-0.05, 0) is 6.42 Å². The van der Waals surface area contributed by atoms with Gasteiger partial charge in [-0.2, -0.15) is 0 Å². The third-order valence-electron chi connectivity index (χ3n) is 4.18. The van der Waals surface area contributed by atoms with E-state index in [1.165, 1.54) is 16.7 Å². The van der Waals surface area contributed by atoms with Crippen molar-refractivity contribution in [1.29, 1.82) is 0 Å². The Hall–Kier alpha value is -1.44. The third kappa shape index (κ3) is 2.21. The maximum absolute atomic E-state index is 12.5. The summed E-state index contributed by atoms with van der Waals surface area (Å²) in [4.78, 5) is 40.2. The van der Waals surface area contributed by atoms with Crippen LogP contribution in [-0.4, -0.2) is 81.1 Å². The summed E-state index contributed by atoms with van der Waals surface area (Å²) in [5, 5.41) is 9.14. The average molecular weight is 299 g/mol. The van der Waals surface area contributed by atoms with Crippen LogP contribution in [0.15, 0.2) is 0 Å². The number of carbonyl (C=O) groups excluding carboxylic acids is 2. The van der Waals surface area contributed by atoms with E-state index >= 15 is 0 Å². The van der Waals surface area contributed by atoms with Crippen LogP contribution < -0.4 is 0 Å². The first-order chi connectivity index (χ1) is 9.58. The minimum Gasteiger partial charge on any atom is -0.480 e. The topological polar surface area (TPSA) is 81.2 Å². The van der Waals surface area contributed by atoms with Gasteiger partial charge < -0.3 is 19.8 Å². The van der Waals surface area contributed by atoms with Crippen LogP contribution >= 0.6 is 11.8 Å². The number of aliphatic carboxylic acids is 1. The molecule has 0 radical (unpaired) electrons. The smallest absolute Gasteiger partial charge is 0.327 e. The zero-order chi connectivity index (χ0) is 14.3. The second-order valence-corrected chi connectivity index (χ2v) is 6.33. The quantitative estimate of drug-likeness (QED) is 0.729. The number of amides is 3. The van der Waals surface area contributed by atoms with Crippen molar-refractivity contribution in [2.45, 2.75) is 24.9 Å². The summed E-state index contributed by atoms with van der Waals surface area (Å²) >= 11 is 1.46. The van der Waals surface area contributed by atoms with Gasteiger partial charge in [-0.25, -0.2) is 9.59 Å². The van der Waals surface area contributed by atoms with E-state index in [9.17, 15) is 14.4 Å². The molecule has 0 spiro atoms. The van der Waals surface area contributed by atoms with Crippen LogP contribution in [0.4, 0.5) is 4.79 Å². The van der Waals surface area contributed by atoms with Crippen molar-refractivity contribution in [2.75, 3.05) is 31.3 Å². The number of thioether (sulfide) groups is 1. The second kappa shape index (κ2) is 5.16. The summed E-state index contributed by atoms with van der Waals surface area (Å²) in [6.07, 6.45) is 1.35. The Morgan fingerprint density at radius 1 is 1.30 bits per heavy atom. The summed E-state index contributed by atoms with van der Waals surface area (Å²) in [6.45, 7) is 1.58. The monoisotopic (exact) mass is 299 g/mol. The lowest BCUT2D eigenvalue weighted by Gasteiger charge is -2.39. The van der Waals surface area contributed by atoms with E-state index in [-0.39, 0.29) is 18.0 Å².